The second-order valence-electron chi connectivity index (χ2n) is 32.2. The number of halogens is 15. The van der Waals surface area contributed by atoms with Gasteiger partial charge in [0.15, 0.2) is 34.9 Å². The Kier molecular flexibility index (Phi) is 29.6. The molecule has 15 rings (SSSR count). The van der Waals surface area contributed by atoms with Gasteiger partial charge in [0.25, 0.3) is 16.7 Å². The van der Waals surface area contributed by atoms with Crippen molar-refractivity contribution in [3.05, 3.63) is 255 Å². The summed E-state index contributed by atoms with van der Waals surface area (Å²) >= 11 is 55.7. The highest BCUT2D eigenvalue weighted by atomic mass is 35.5. The van der Waals surface area contributed by atoms with Crippen LogP contribution < -0.4 is 48.6 Å². The van der Waals surface area contributed by atoms with Crippen molar-refractivity contribution in [3.63, 3.8) is 0 Å². The Balaban J connectivity index is 0.000000171. The van der Waals surface area contributed by atoms with Crippen LogP contribution in [0.4, 0.5) is 60.5 Å². The average Bonchev–Trinajstić information content (AvgIpc) is 0.728. The quantitative estimate of drug-likeness (QED) is 0.0282. The highest BCUT2D eigenvalue weighted by Gasteiger charge is 2.38. The maximum atomic E-state index is 15.6. The molecule has 3 aliphatic rings. The van der Waals surface area contributed by atoms with Gasteiger partial charge in [0.1, 0.15) is 66.9 Å². The summed E-state index contributed by atoms with van der Waals surface area (Å²) in [6, 6.07) is 15.6. The van der Waals surface area contributed by atoms with Crippen molar-refractivity contribution < 1.29 is 40.7 Å². The molecule has 3 aromatic carbocycles. The number of carbonyl (C=O) groups is 3. The molecular formula is C93H78Cl9F6N21O6. The third-order valence-electron chi connectivity index (χ3n) is 23.2. The number of pyridine rings is 9. The lowest BCUT2D eigenvalue weighted by atomic mass is 10.0. The summed E-state index contributed by atoms with van der Waals surface area (Å²) in [5, 5.41) is 27.2. The molecule has 42 heteroatoms. The molecule has 0 atom stereocenters. The van der Waals surface area contributed by atoms with Gasteiger partial charge < -0.3 is 46.6 Å². The van der Waals surface area contributed by atoms with E-state index in [1.54, 1.807) is 87.0 Å². The normalized spacial score (nSPS) is 13.4. The summed E-state index contributed by atoms with van der Waals surface area (Å²) in [5.74, 6) is -8.15. The topological polar surface area (TPSA) is 363 Å². The number of nitrogens with zero attached hydrogens (tertiary/aromatic N) is 18. The van der Waals surface area contributed by atoms with Crippen LogP contribution in [0.15, 0.2) is 107 Å². The van der Waals surface area contributed by atoms with Crippen LogP contribution in [0.2, 0.25) is 45.2 Å². The zero-order valence-corrected chi connectivity index (χ0v) is 80.0. The minimum absolute atomic E-state index is 0.0127. The van der Waals surface area contributed by atoms with E-state index >= 15 is 13.2 Å². The number of aromatic nitrogens is 9. The van der Waals surface area contributed by atoms with E-state index in [4.69, 9.17) is 122 Å². The largest absolute Gasteiger partial charge is 0.396 e. The molecule has 12 aromatic rings. The fourth-order valence-electron chi connectivity index (χ4n) is 16.6. The molecule has 9 aromatic heterocycles. The van der Waals surface area contributed by atoms with Gasteiger partial charge in [-0.15, -0.1) is 0 Å². The molecule has 12 heterocycles. The monoisotopic (exact) mass is 2010 g/mol. The van der Waals surface area contributed by atoms with Crippen molar-refractivity contribution >= 4 is 189 Å². The lowest BCUT2D eigenvalue weighted by molar-refractivity contribution is -0.127. The number of fused-ring (bicyclic) bond motifs is 3. The lowest BCUT2D eigenvalue weighted by Crippen LogP contribution is -2.49. The fraction of sp³-hybridized carbons (Fsp3) is 0.258. The molecule has 0 bridgehead atoms. The molecule has 27 nitrogen and oxygen atoms in total. The molecule has 0 spiro atoms. The molecule has 3 fully saturated rings. The van der Waals surface area contributed by atoms with Crippen LogP contribution in [-0.2, 0) is 14.4 Å². The zero-order valence-electron chi connectivity index (χ0n) is 73.2. The second-order valence-corrected chi connectivity index (χ2v) is 35.7. The first kappa shape index (κ1) is 99.7. The smallest absolute Gasteiger partial charge is 0.276 e. The Bertz CT molecular complexity index is 6650. The molecule has 3 aliphatic heterocycles. The van der Waals surface area contributed by atoms with E-state index in [0.29, 0.717) is 90.1 Å². The Morgan fingerprint density at radius 3 is 0.793 bits per heavy atom. The summed E-state index contributed by atoms with van der Waals surface area (Å²) in [4.78, 5) is 117. The Labute approximate surface area is 812 Å². The fourth-order valence-corrected chi connectivity index (χ4v) is 18.4. The molecule has 6 N–H and O–H groups in total. The van der Waals surface area contributed by atoms with E-state index in [1.807, 2.05) is 41.5 Å². The number of nitrogens with two attached hydrogens (primary N) is 3. The van der Waals surface area contributed by atoms with Crippen molar-refractivity contribution in [2.75, 3.05) is 110 Å². The highest BCUT2D eigenvalue weighted by Crippen LogP contribution is 2.50. The number of rotatable bonds is 15. The Hall–Kier alpha value is -12.7. The van der Waals surface area contributed by atoms with E-state index in [2.05, 4.69) is 67.8 Å². The molecule has 696 valence electrons. The summed E-state index contributed by atoms with van der Waals surface area (Å²) < 4.78 is 95.4. The van der Waals surface area contributed by atoms with Crippen LogP contribution in [0.25, 0.3) is 83.9 Å². The highest BCUT2D eigenvalue weighted by molar-refractivity contribution is 6.44. The van der Waals surface area contributed by atoms with Gasteiger partial charge in [0.2, 0.25) is 17.7 Å². The van der Waals surface area contributed by atoms with Crippen molar-refractivity contribution in [2.45, 2.75) is 80.1 Å². The Morgan fingerprint density at radius 1 is 0.378 bits per heavy atom. The number of anilines is 6. The number of hydrogen-bond donors (Lipinski definition) is 3. The first-order valence-corrected chi connectivity index (χ1v) is 44.7. The van der Waals surface area contributed by atoms with Crippen molar-refractivity contribution in [2.24, 2.45) is 0 Å². The van der Waals surface area contributed by atoms with Crippen LogP contribution in [0.1, 0.15) is 110 Å². The van der Waals surface area contributed by atoms with E-state index in [-0.39, 0.29) is 174 Å². The van der Waals surface area contributed by atoms with Gasteiger partial charge in [-0.1, -0.05) is 166 Å². The summed E-state index contributed by atoms with van der Waals surface area (Å²) in [5.41, 5.74) is 16.0. The van der Waals surface area contributed by atoms with Gasteiger partial charge in [-0.2, -0.15) is 15.8 Å². The lowest BCUT2D eigenvalue weighted by Gasteiger charge is -2.36. The number of nitrogen functional groups attached to an aromatic ring is 3. The minimum Gasteiger partial charge on any atom is -0.396 e. The number of carbonyl (C=O) groups excluding carboxylic acids is 3. The van der Waals surface area contributed by atoms with Gasteiger partial charge >= 0.3 is 0 Å². The minimum atomic E-state index is -1.16. The van der Waals surface area contributed by atoms with Crippen molar-refractivity contribution in [1.82, 2.24) is 58.3 Å². The second kappa shape index (κ2) is 40.1. The first-order valence-electron chi connectivity index (χ1n) is 41.3. The number of nitriles is 3. The molecule has 3 amide bonds. The maximum Gasteiger partial charge on any atom is 0.276 e. The van der Waals surface area contributed by atoms with Crippen LogP contribution >= 0.6 is 104 Å². The standard InChI is InChI=1S/3C31H26Cl3F2N7O2/c3*1-5-19(44)41-8-10-42(11-9-41)29-16-12-18(32)27(20-23(35)21(33)22(34)24(36)25(20)38)40-30(16)43(31(45)17(29)13-37)28-15(4)6-7-39-26(28)14(2)3/h3*5-7,12,14H,1,8-11,38H2,2-4H3. The summed E-state index contributed by atoms with van der Waals surface area (Å²) in [6.45, 7) is 30.7. The SMILES string of the molecule is C=CC(=O)N1CCN(c2c(C#N)c(=O)n(-c3c(C)ccnc3C(C)C)c3nc(-c4c(N)c(F)c(Cl)c(Cl)c4F)c(Cl)cc23)CC1.C=CC(=O)N1CCN(c2c(C#N)c(=O)n(-c3c(C)ccnc3C(C)C)c3nc(-c4c(N)c(F)c(Cl)c(Cl)c4F)c(Cl)cc23)CC1.C=CC(=O)N1CCN(c2c(C#N)c(=O)n(-c3c(C)ccnc3C(C)C)c3nc(-c4c(N)c(F)c(Cl)c(Cl)c4F)c(Cl)cc23)CC1. The van der Waals surface area contributed by atoms with Gasteiger partial charge in [-0.25, -0.2) is 41.3 Å². The molecule has 135 heavy (non-hydrogen) atoms. The first-order chi connectivity index (χ1) is 64.0. The third kappa shape index (κ3) is 17.8. The number of hydrogen-bond acceptors (Lipinski definition) is 21. The maximum absolute atomic E-state index is 15.6. The van der Waals surface area contributed by atoms with E-state index in [0.717, 1.165) is 0 Å². The zero-order chi connectivity index (χ0) is 98.7. The van der Waals surface area contributed by atoms with Crippen LogP contribution in [0.5, 0.6) is 0 Å². The van der Waals surface area contributed by atoms with Crippen LogP contribution in [-0.4, -0.2) is 155 Å². The van der Waals surface area contributed by atoms with Gasteiger partial charge in [-0.3, -0.25) is 57.4 Å². The predicted molar refractivity (Wildman–Crippen MR) is 517 cm³/mol. The van der Waals surface area contributed by atoms with Gasteiger partial charge in [0, 0.05) is 113 Å². The molecule has 0 unspecified atom stereocenters. The number of benzene rings is 3. The average molecular weight is 2020 g/mol. The predicted octanol–water partition coefficient (Wildman–Crippen LogP) is 19.2. The molecule has 0 aliphatic carbocycles. The van der Waals surface area contributed by atoms with Gasteiger partial charge in [-0.05, 0) is 110 Å². The summed E-state index contributed by atoms with van der Waals surface area (Å²) in [6.07, 6.45) is 8.48. The number of aryl methyl sites for hydroxylation is 3. The Morgan fingerprint density at radius 2 is 0.593 bits per heavy atom. The van der Waals surface area contributed by atoms with Crippen LogP contribution in [0, 0.1) is 89.7 Å². The third-order valence-corrected chi connectivity index (χ3v) is 26.5. The number of piperazine rings is 3. The molecule has 0 radical (unpaired) electrons. The molecular weight excluding hydrogens is 1940 g/mol. The van der Waals surface area contributed by atoms with Gasteiger partial charge in [0.05, 0.1) is 132 Å². The van der Waals surface area contributed by atoms with E-state index in [1.165, 1.54) is 50.1 Å². The number of amides is 3. The van der Waals surface area contributed by atoms with Crippen molar-refractivity contribution in [3.8, 4) is 69.0 Å². The molecule has 0 saturated carbocycles. The summed E-state index contributed by atoms with van der Waals surface area (Å²) in [7, 11) is 0. The van der Waals surface area contributed by atoms with Crippen LogP contribution in [0.3, 0.4) is 0 Å². The van der Waals surface area contributed by atoms with E-state index in [9.17, 15) is 57.7 Å². The molecule has 3 saturated heterocycles. The van der Waals surface area contributed by atoms with E-state index < -0.39 is 115 Å². The van der Waals surface area contributed by atoms with Crippen molar-refractivity contribution in [1.29, 1.82) is 15.8 Å².